The predicted octanol–water partition coefficient (Wildman–Crippen LogP) is 2.13. The number of nitrogens with zero attached hydrogens (tertiary/aromatic N) is 3. The molecule has 0 saturated carbocycles. The van der Waals surface area contributed by atoms with Gasteiger partial charge in [0.1, 0.15) is 5.82 Å². The molecule has 3 N–H and O–H groups in total. The van der Waals surface area contributed by atoms with Crippen molar-refractivity contribution in [3.05, 3.63) is 16.9 Å². The third kappa shape index (κ3) is 2.91. The fourth-order valence-electron chi connectivity index (χ4n) is 1.01. The second-order valence-corrected chi connectivity index (χ2v) is 5.98. The quantitative estimate of drug-likeness (QED) is 0.494. The lowest BCUT2D eigenvalue weighted by Gasteiger charge is -1.92. The standard InChI is InChI=1S/C8H11N5S3/c1-2-6-11-8(16-13-6)14-4-5-3-10-7(12-9)15-5/h3H,2,4,9H2,1H3,(H,10,12). The molecule has 0 aliphatic heterocycles. The number of nitrogens with one attached hydrogen (secondary N) is 1. The molecule has 0 unspecified atom stereocenters. The van der Waals surface area contributed by atoms with Crippen LogP contribution in [0.15, 0.2) is 10.5 Å². The monoisotopic (exact) mass is 273 g/mol. The number of thiazole rings is 1. The predicted molar refractivity (Wildman–Crippen MR) is 68.8 cm³/mol. The van der Waals surface area contributed by atoms with Gasteiger partial charge in [0.05, 0.1) is 0 Å². The van der Waals surface area contributed by atoms with Crippen molar-refractivity contribution in [1.29, 1.82) is 0 Å². The van der Waals surface area contributed by atoms with E-state index in [-0.39, 0.29) is 0 Å². The number of rotatable bonds is 5. The van der Waals surface area contributed by atoms with Crippen LogP contribution in [0.2, 0.25) is 0 Å². The number of nitrogen functional groups attached to an aromatic ring is 1. The third-order valence-electron chi connectivity index (χ3n) is 1.78. The van der Waals surface area contributed by atoms with Crippen LogP contribution in [0.5, 0.6) is 0 Å². The van der Waals surface area contributed by atoms with Gasteiger partial charge in [-0.3, -0.25) is 5.43 Å². The first-order valence-corrected chi connectivity index (χ1v) is 7.26. The maximum Gasteiger partial charge on any atom is 0.197 e. The normalized spacial score (nSPS) is 10.6. The van der Waals surface area contributed by atoms with E-state index in [1.54, 1.807) is 23.1 Å². The third-order valence-corrected chi connectivity index (χ3v) is 4.81. The van der Waals surface area contributed by atoms with E-state index in [4.69, 9.17) is 5.84 Å². The SMILES string of the molecule is CCc1nsc(SCc2cnc(NN)s2)n1. The van der Waals surface area contributed by atoms with Crippen LogP contribution in [0.1, 0.15) is 17.6 Å². The van der Waals surface area contributed by atoms with Crippen LogP contribution < -0.4 is 11.3 Å². The van der Waals surface area contributed by atoms with E-state index in [0.29, 0.717) is 0 Å². The van der Waals surface area contributed by atoms with Crippen molar-refractivity contribution in [2.24, 2.45) is 5.84 Å². The Labute approximate surface area is 106 Å². The van der Waals surface area contributed by atoms with E-state index in [1.807, 2.05) is 6.20 Å². The number of thioether (sulfide) groups is 1. The van der Waals surface area contributed by atoms with Crippen molar-refractivity contribution in [3.63, 3.8) is 0 Å². The van der Waals surface area contributed by atoms with Crippen molar-refractivity contribution in [1.82, 2.24) is 14.3 Å². The van der Waals surface area contributed by atoms with Gasteiger partial charge in [-0.05, 0) is 11.5 Å². The van der Waals surface area contributed by atoms with E-state index in [2.05, 4.69) is 26.7 Å². The Morgan fingerprint density at radius 2 is 2.44 bits per heavy atom. The van der Waals surface area contributed by atoms with Crippen LogP contribution in [-0.2, 0) is 12.2 Å². The first-order valence-electron chi connectivity index (χ1n) is 4.68. The Hall–Kier alpha value is -0.700. The van der Waals surface area contributed by atoms with Crippen LogP contribution in [0.4, 0.5) is 5.13 Å². The van der Waals surface area contributed by atoms with Crippen LogP contribution in [-0.4, -0.2) is 14.3 Å². The molecule has 0 aliphatic carbocycles. The molecule has 0 spiro atoms. The molecule has 16 heavy (non-hydrogen) atoms. The number of aromatic nitrogens is 3. The molecule has 0 amide bonds. The van der Waals surface area contributed by atoms with Gasteiger partial charge in [-0.25, -0.2) is 15.8 Å². The van der Waals surface area contributed by atoms with Gasteiger partial charge in [-0.15, -0.1) is 11.3 Å². The van der Waals surface area contributed by atoms with Gasteiger partial charge in [0.15, 0.2) is 9.47 Å². The van der Waals surface area contributed by atoms with Crippen LogP contribution in [0.3, 0.4) is 0 Å². The molecular formula is C8H11N5S3. The summed E-state index contributed by atoms with van der Waals surface area (Å²) in [4.78, 5) is 9.66. The summed E-state index contributed by atoms with van der Waals surface area (Å²) in [5.74, 6) is 7.04. The second kappa shape index (κ2) is 5.58. The van der Waals surface area contributed by atoms with Gasteiger partial charge in [0, 0.05) is 23.2 Å². The fraction of sp³-hybridized carbons (Fsp3) is 0.375. The maximum atomic E-state index is 5.26. The summed E-state index contributed by atoms with van der Waals surface area (Å²) in [5, 5.41) is 0.738. The molecule has 5 nitrogen and oxygen atoms in total. The molecule has 0 aromatic carbocycles. The van der Waals surface area contributed by atoms with Crippen LogP contribution in [0.25, 0.3) is 0 Å². The lowest BCUT2D eigenvalue weighted by Crippen LogP contribution is -2.05. The van der Waals surface area contributed by atoms with E-state index in [0.717, 1.165) is 27.5 Å². The first-order chi connectivity index (χ1) is 7.81. The molecule has 0 saturated heterocycles. The summed E-state index contributed by atoms with van der Waals surface area (Å²) >= 11 is 4.69. The Bertz CT molecular complexity index is 410. The van der Waals surface area contributed by atoms with Crippen LogP contribution >= 0.6 is 34.6 Å². The highest BCUT2D eigenvalue weighted by molar-refractivity contribution is 8.00. The number of hydrogen-bond acceptors (Lipinski definition) is 8. The molecule has 86 valence electrons. The summed E-state index contributed by atoms with van der Waals surface area (Å²) < 4.78 is 5.24. The molecular weight excluding hydrogens is 262 g/mol. The molecule has 0 aliphatic rings. The molecule has 0 radical (unpaired) electrons. The fourth-order valence-corrected chi connectivity index (χ4v) is 3.45. The van der Waals surface area contributed by atoms with Gasteiger partial charge in [0.25, 0.3) is 0 Å². The highest BCUT2D eigenvalue weighted by atomic mass is 32.2. The van der Waals surface area contributed by atoms with Crippen molar-refractivity contribution in [2.75, 3.05) is 5.43 Å². The average molecular weight is 273 g/mol. The highest BCUT2D eigenvalue weighted by Gasteiger charge is 2.05. The van der Waals surface area contributed by atoms with Crippen molar-refractivity contribution >= 4 is 39.8 Å². The minimum absolute atomic E-state index is 0.738. The summed E-state index contributed by atoms with van der Waals surface area (Å²) in [7, 11) is 0. The largest absolute Gasteiger partial charge is 0.300 e. The summed E-state index contributed by atoms with van der Waals surface area (Å²) in [6.45, 7) is 2.05. The Kier molecular flexibility index (Phi) is 4.10. The molecule has 2 aromatic heterocycles. The van der Waals surface area contributed by atoms with Crippen molar-refractivity contribution < 1.29 is 0 Å². The lowest BCUT2D eigenvalue weighted by molar-refractivity contribution is 0.971. The number of hydrazine groups is 1. The molecule has 2 heterocycles. The summed E-state index contributed by atoms with van der Waals surface area (Å²) in [5.41, 5.74) is 2.53. The molecule has 2 rings (SSSR count). The molecule has 0 fully saturated rings. The van der Waals surface area contributed by atoms with Crippen molar-refractivity contribution in [2.45, 2.75) is 23.4 Å². The maximum absolute atomic E-state index is 5.26. The van der Waals surface area contributed by atoms with E-state index in [9.17, 15) is 0 Å². The summed E-state index contributed by atoms with van der Waals surface area (Å²) in [6.07, 6.45) is 2.72. The zero-order valence-corrected chi connectivity index (χ0v) is 11.1. The van der Waals surface area contributed by atoms with Gasteiger partial charge in [-0.2, -0.15) is 4.37 Å². The van der Waals surface area contributed by atoms with Gasteiger partial charge in [0.2, 0.25) is 0 Å². The molecule has 8 heteroatoms. The lowest BCUT2D eigenvalue weighted by atomic mass is 10.5. The van der Waals surface area contributed by atoms with Crippen LogP contribution in [0, 0.1) is 0 Å². The zero-order chi connectivity index (χ0) is 11.4. The number of nitrogens with two attached hydrogens (primary N) is 1. The minimum Gasteiger partial charge on any atom is -0.300 e. The van der Waals surface area contributed by atoms with E-state index < -0.39 is 0 Å². The zero-order valence-electron chi connectivity index (χ0n) is 8.64. The van der Waals surface area contributed by atoms with E-state index in [1.165, 1.54) is 16.4 Å². The van der Waals surface area contributed by atoms with Gasteiger partial charge >= 0.3 is 0 Å². The Balaban J connectivity index is 1.91. The molecule has 2 aromatic rings. The first kappa shape index (κ1) is 11.8. The second-order valence-electron chi connectivity index (χ2n) is 2.89. The smallest absolute Gasteiger partial charge is 0.197 e. The highest BCUT2D eigenvalue weighted by Crippen LogP contribution is 2.28. The Morgan fingerprint density at radius 1 is 1.56 bits per heavy atom. The summed E-state index contributed by atoms with van der Waals surface area (Å²) in [6, 6.07) is 0. The van der Waals surface area contributed by atoms with Crippen molar-refractivity contribution in [3.8, 4) is 0 Å². The van der Waals surface area contributed by atoms with Gasteiger partial charge in [-0.1, -0.05) is 18.7 Å². The number of hydrogen-bond donors (Lipinski definition) is 2. The van der Waals surface area contributed by atoms with Gasteiger partial charge < -0.3 is 0 Å². The number of aryl methyl sites for hydroxylation is 1. The minimum atomic E-state index is 0.738. The Morgan fingerprint density at radius 3 is 3.06 bits per heavy atom. The molecule has 0 bridgehead atoms. The van der Waals surface area contributed by atoms with E-state index >= 15 is 0 Å². The molecule has 0 atom stereocenters. The topological polar surface area (TPSA) is 76.7 Å². The average Bonchev–Trinajstić information content (AvgIpc) is 2.95. The number of anilines is 1.